The molecule has 0 aliphatic rings. The van der Waals surface area contributed by atoms with E-state index < -0.39 is 4.92 Å². The topological polar surface area (TPSA) is 52.4 Å². The Balaban J connectivity index is 2.19. The molecule has 0 saturated heterocycles. The molecule has 0 aliphatic heterocycles. The third-order valence-corrected chi connectivity index (χ3v) is 3.84. The van der Waals surface area contributed by atoms with Crippen molar-refractivity contribution in [1.82, 2.24) is 0 Å². The number of benzene rings is 2. The Bertz CT molecular complexity index is 664. The first kappa shape index (κ1) is 14.9. The van der Waals surface area contributed by atoms with Crippen molar-refractivity contribution in [2.45, 2.75) is 6.61 Å². The van der Waals surface area contributed by atoms with Crippen LogP contribution in [0.2, 0.25) is 0 Å². The molecular formula is C13H8Br2FNO3. The molecule has 0 aromatic heterocycles. The summed E-state index contributed by atoms with van der Waals surface area (Å²) >= 11 is 6.31. The van der Waals surface area contributed by atoms with Crippen molar-refractivity contribution in [3.8, 4) is 5.75 Å². The first-order valence-corrected chi connectivity index (χ1v) is 7.06. The Morgan fingerprint density at radius 3 is 2.70 bits per heavy atom. The highest BCUT2D eigenvalue weighted by Gasteiger charge is 2.11. The van der Waals surface area contributed by atoms with Gasteiger partial charge in [-0.1, -0.05) is 28.1 Å². The van der Waals surface area contributed by atoms with E-state index in [1.54, 1.807) is 18.2 Å². The lowest BCUT2D eigenvalue weighted by Crippen LogP contribution is -1.98. The first-order chi connectivity index (χ1) is 9.47. The van der Waals surface area contributed by atoms with Crippen LogP contribution in [0.4, 0.5) is 10.1 Å². The van der Waals surface area contributed by atoms with Gasteiger partial charge in [0.05, 0.1) is 15.5 Å². The van der Waals surface area contributed by atoms with E-state index in [0.29, 0.717) is 20.3 Å². The number of nitro groups is 1. The number of nitro benzene ring substituents is 1. The molecular weight excluding hydrogens is 397 g/mol. The predicted molar refractivity (Wildman–Crippen MR) is 79.2 cm³/mol. The highest BCUT2D eigenvalue weighted by atomic mass is 79.9. The summed E-state index contributed by atoms with van der Waals surface area (Å²) in [6.45, 7) is 0.103. The molecule has 0 bridgehead atoms. The van der Waals surface area contributed by atoms with Gasteiger partial charge in [-0.3, -0.25) is 10.1 Å². The quantitative estimate of drug-likeness (QED) is 0.541. The normalized spacial score (nSPS) is 10.3. The molecule has 0 fully saturated rings. The van der Waals surface area contributed by atoms with E-state index in [2.05, 4.69) is 31.9 Å². The molecule has 104 valence electrons. The van der Waals surface area contributed by atoms with Crippen LogP contribution in [0.15, 0.2) is 45.3 Å². The standard InChI is InChI=1S/C13H8Br2FNO3/c14-9-4-10(17(18)19)6-11(5-9)20-7-8-2-1-3-12(16)13(8)15/h1-6H,7H2. The van der Waals surface area contributed by atoms with Crippen molar-refractivity contribution in [3.05, 3.63) is 66.8 Å². The van der Waals surface area contributed by atoms with E-state index >= 15 is 0 Å². The molecule has 4 nitrogen and oxygen atoms in total. The highest BCUT2D eigenvalue weighted by molar-refractivity contribution is 9.10. The fourth-order valence-corrected chi connectivity index (χ4v) is 2.40. The van der Waals surface area contributed by atoms with E-state index in [1.807, 2.05) is 0 Å². The summed E-state index contributed by atoms with van der Waals surface area (Å²) in [6, 6.07) is 8.92. The average Bonchev–Trinajstić information content (AvgIpc) is 2.40. The summed E-state index contributed by atoms with van der Waals surface area (Å²) in [5, 5.41) is 10.8. The number of hydrogen-bond acceptors (Lipinski definition) is 3. The maximum Gasteiger partial charge on any atom is 0.274 e. The molecule has 20 heavy (non-hydrogen) atoms. The smallest absolute Gasteiger partial charge is 0.274 e. The average molecular weight is 405 g/mol. The Hall–Kier alpha value is -1.47. The van der Waals surface area contributed by atoms with Crippen LogP contribution in [0.1, 0.15) is 5.56 Å². The van der Waals surface area contributed by atoms with Crippen molar-refractivity contribution >= 4 is 37.5 Å². The highest BCUT2D eigenvalue weighted by Crippen LogP contribution is 2.28. The molecule has 2 aromatic carbocycles. The van der Waals surface area contributed by atoms with Crippen molar-refractivity contribution in [2.75, 3.05) is 0 Å². The SMILES string of the molecule is O=[N+]([O-])c1cc(Br)cc(OCc2cccc(F)c2Br)c1. The van der Waals surface area contributed by atoms with Gasteiger partial charge in [-0.25, -0.2) is 4.39 Å². The minimum Gasteiger partial charge on any atom is -0.489 e. The zero-order valence-electron chi connectivity index (χ0n) is 9.98. The third kappa shape index (κ3) is 3.55. The van der Waals surface area contributed by atoms with Crippen LogP contribution in [-0.4, -0.2) is 4.92 Å². The summed E-state index contributed by atoms with van der Waals surface area (Å²) in [7, 11) is 0. The molecule has 0 spiro atoms. The van der Waals surface area contributed by atoms with Crippen LogP contribution in [0.3, 0.4) is 0 Å². The number of hydrogen-bond donors (Lipinski definition) is 0. The summed E-state index contributed by atoms with van der Waals surface area (Å²) in [5.74, 6) is -0.0476. The summed E-state index contributed by atoms with van der Waals surface area (Å²) in [4.78, 5) is 10.2. The van der Waals surface area contributed by atoms with Crippen molar-refractivity contribution < 1.29 is 14.1 Å². The lowest BCUT2D eigenvalue weighted by molar-refractivity contribution is -0.385. The zero-order chi connectivity index (χ0) is 14.7. The fraction of sp³-hybridized carbons (Fsp3) is 0.0769. The summed E-state index contributed by atoms with van der Waals surface area (Å²) in [6.07, 6.45) is 0. The van der Waals surface area contributed by atoms with Gasteiger partial charge in [0, 0.05) is 16.1 Å². The van der Waals surface area contributed by atoms with E-state index in [-0.39, 0.29) is 18.1 Å². The molecule has 0 atom stereocenters. The van der Waals surface area contributed by atoms with Gasteiger partial charge in [0.15, 0.2) is 0 Å². The molecule has 0 amide bonds. The molecule has 2 aromatic rings. The van der Waals surface area contributed by atoms with Gasteiger partial charge >= 0.3 is 0 Å². The lowest BCUT2D eigenvalue weighted by Gasteiger charge is -2.08. The van der Waals surface area contributed by atoms with Crippen LogP contribution in [0.25, 0.3) is 0 Å². The molecule has 0 heterocycles. The second-order valence-corrected chi connectivity index (χ2v) is 5.61. The van der Waals surface area contributed by atoms with Crippen molar-refractivity contribution in [3.63, 3.8) is 0 Å². The molecule has 0 N–H and O–H groups in total. The lowest BCUT2D eigenvalue weighted by atomic mass is 10.2. The monoisotopic (exact) mass is 403 g/mol. The maximum atomic E-state index is 13.3. The van der Waals surface area contributed by atoms with Gasteiger partial charge in [0.2, 0.25) is 0 Å². The Labute approximate surface area is 131 Å². The fourth-order valence-electron chi connectivity index (χ4n) is 1.56. The molecule has 0 saturated carbocycles. The number of halogens is 3. The van der Waals surface area contributed by atoms with Crippen molar-refractivity contribution in [2.24, 2.45) is 0 Å². The van der Waals surface area contributed by atoms with E-state index in [4.69, 9.17) is 4.74 Å². The second-order valence-electron chi connectivity index (χ2n) is 3.90. The number of ether oxygens (including phenoxy) is 1. The largest absolute Gasteiger partial charge is 0.489 e. The Morgan fingerprint density at radius 2 is 2.00 bits per heavy atom. The minimum atomic E-state index is -0.504. The van der Waals surface area contributed by atoms with Crippen LogP contribution in [0.5, 0.6) is 5.75 Å². The van der Waals surface area contributed by atoms with Crippen LogP contribution < -0.4 is 4.74 Å². The van der Waals surface area contributed by atoms with Crippen LogP contribution >= 0.6 is 31.9 Å². The molecule has 0 unspecified atom stereocenters. The van der Waals surface area contributed by atoms with Crippen LogP contribution in [0, 0.1) is 15.9 Å². The van der Waals surface area contributed by atoms with Gasteiger partial charge in [0.1, 0.15) is 18.2 Å². The van der Waals surface area contributed by atoms with E-state index in [0.717, 1.165) is 0 Å². The van der Waals surface area contributed by atoms with Gasteiger partial charge in [-0.2, -0.15) is 0 Å². The molecule has 2 rings (SSSR count). The molecule has 0 radical (unpaired) electrons. The predicted octanol–water partition coefficient (Wildman–Crippen LogP) is 4.84. The Morgan fingerprint density at radius 1 is 1.25 bits per heavy atom. The zero-order valence-corrected chi connectivity index (χ0v) is 13.1. The van der Waals surface area contributed by atoms with Gasteiger partial charge in [0.25, 0.3) is 5.69 Å². The third-order valence-electron chi connectivity index (χ3n) is 2.49. The van der Waals surface area contributed by atoms with Crippen LogP contribution in [-0.2, 0) is 6.61 Å². The van der Waals surface area contributed by atoms with Crippen molar-refractivity contribution in [1.29, 1.82) is 0 Å². The summed E-state index contributed by atoms with van der Waals surface area (Å²) in [5.41, 5.74) is 0.542. The molecule has 7 heteroatoms. The van der Waals surface area contributed by atoms with E-state index in [1.165, 1.54) is 18.2 Å². The maximum absolute atomic E-state index is 13.3. The second kappa shape index (κ2) is 6.32. The van der Waals surface area contributed by atoms with Gasteiger partial charge in [-0.05, 0) is 28.1 Å². The number of non-ortho nitro benzene ring substituents is 1. The number of nitrogens with zero attached hydrogens (tertiary/aromatic N) is 1. The first-order valence-electron chi connectivity index (χ1n) is 5.48. The minimum absolute atomic E-state index is 0.0762. The van der Waals surface area contributed by atoms with Gasteiger partial charge < -0.3 is 4.74 Å². The van der Waals surface area contributed by atoms with E-state index in [9.17, 15) is 14.5 Å². The molecule has 0 aliphatic carbocycles. The number of rotatable bonds is 4. The van der Waals surface area contributed by atoms with Gasteiger partial charge in [-0.15, -0.1) is 0 Å². The Kier molecular flexibility index (Phi) is 4.72. The summed E-state index contributed by atoms with van der Waals surface area (Å²) < 4.78 is 19.7.